The van der Waals surface area contributed by atoms with E-state index in [0.29, 0.717) is 17.7 Å². The van der Waals surface area contributed by atoms with Crippen LogP contribution in [0.15, 0.2) is 29.2 Å². The standard InChI is InChI=1S/C12H13NO4S/c14-5-7-17-9-12(16)13-10-1-3-11(4-2-10)18-8-6-15/h1-6H,7-9H2,(H,13,16). The third-order valence-electron chi connectivity index (χ3n) is 1.88. The molecule has 1 rings (SSSR count). The van der Waals surface area contributed by atoms with E-state index in [-0.39, 0.29) is 19.1 Å². The molecule has 0 aliphatic heterocycles. The Bertz CT molecular complexity index is 405. The topological polar surface area (TPSA) is 72.5 Å². The molecule has 0 radical (unpaired) electrons. The van der Waals surface area contributed by atoms with Crippen molar-refractivity contribution in [1.82, 2.24) is 0 Å². The lowest BCUT2D eigenvalue weighted by atomic mass is 10.3. The molecule has 0 bridgehead atoms. The summed E-state index contributed by atoms with van der Waals surface area (Å²) in [6.45, 7) is -0.241. The number of anilines is 1. The van der Waals surface area contributed by atoms with Gasteiger partial charge in [-0.25, -0.2) is 0 Å². The van der Waals surface area contributed by atoms with Crippen molar-refractivity contribution in [1.29, 1.82) is 0 Å². The normalized spacial score (nSPS) is 9.78. The molecule has 0 unspecified atom stereocenters. The molecule has 1 aromatic rings. The Morgan fingerprint density at radius 1 is 1.22 bits per heavy atom. The van der Waals surface area contributed by atoms with E-state index in [1.807, 2.05) is 12.1 Å². The molecule has 96 valence electrons. The average molecular weight is 267 g/mol. The maximum atomic E-state index is 11.3. The molecule has 0 atom stereocenters. The first-order chi connectivity index (χ1) is 8.76. The predicted octanol–water partition coefficient (Wildman–Crippen LogP) is 1.13. The van der Waals surface area contributed by atoms with Gasteiger partial charge in [-0.15, -0.1) is 11.8 Å². The van der Waals surface area contributed by atoms with E-state index in [1.54, 1.807) is 12.1 Å². The molecule has 1 N–H and O–H groups in total. The Morgan fingerprint density at radius 3 is 2.56 bits per heavy atom. The van der Waals surface area contributed by atoms with Crippen molar-refractivity contribution in [3.05, 3.63) is 24.3 Å². The maximum Gasteiger partial charge on any atom is 0.250 e. The number of thioether (sulfide) groups is 1. The molecule has 1 aromatic carbocycles. The van der Waals surface area contributed by atoms with Crippen LogP contribution >= 0.6 is 11.8 Å². The van der Waals surface area contributed by atoms with Gasteiger partial charge in [0.05, 0.1) is 5.75 Å². The van der Waals surface area contributed by atoms with Crippen molar-refractivity contribution in [2.45, 2.75) is 4.90 Å². The molecule has 0 heterocycles. The second-order valence-corrected chi connectivity index (χ2v) is 4.33. The number of rotatable bonds is 8. The molecule has 0 spiro atoms. The van der Waals surface area contributed by atoms with Crippen molar-refractivity contribution >= 4 is 35.9 Å². The minimum absolute atomic E-state index is 0.0886. The molecule has 0 saturated carbocycles. The van der Waals surface area contributed by atoms with Crippen LogP contribution in [0, 0.1) is 0 Å². The second kappa shape index (κ2) is 8.43. The number of benzene rings is 1. The van der Waals surface area contributed by atoms with Gasteiger partial charge in [0.25, 0.3) is 0 Å². The number of amides is 1. The van der Waals surface area contributed by atoms with Crippen molar-refractivity contribution in [2.75, 3.05) is 24.3 Å². The van der Waals surface area contributed by atoms with Gasteiger partial charge in [0, 0.05) is 10.6 Å². The summed E-state index contributed by atoms with van der Waals surface area (Å²) in [5, 5.41) is 2.63. The molecule has 0 aliphatic rings. The van der Waals surface area contributed by atoms with Crippen LogP contribution in [0.4, 0.5) is 5.69 Å². The average Bonchev–Trinajstić information content (AvgIpc) is 2.38. The molecule has 18 heavy (non-hydrogen) atoms. The summed E-state index contributed by atoms with van der Waals surface area (Å²) >= 11 is 1.42. The van der Waals surface area contributed by atoms with Gasteiger partial charge in [-0.05, 0) is 24.3 Å². The molecule has 5 nitrogen and oxygen atoms in total. The van der Waals surface area contributed by atoms with Crippen LogP contribution in [0.2, 0.25) is 0 Å². The number of hydrogen-bond acceptors (Lipinski definition) is 5. The van der Waals surface area contributed by atoms with Gasteiger partial charge in [-0.1, -0.05) is 0 Å². The van der Waals surface area contributed by atoms with E-state index in [1.165, 1.54) is 11.8 Å². The summed E-state index contributed by atoms with van der Waals surface area (Å²) < 4.78 is 4.77. The Kier molecular flexibility index (Phi) is 6.75. The maximum absolute atomic E-state index is 11.3. The molecule has 0 aliphatic carbocycles. The third kappa shape index (κ3) is 5.60. The fraction of sp³-hybridized carbons (Fsp3) is 0.250. The first-order valence-electron chi connectivity index (χ1n) is 5.24. The van der Waals surface area contributed by atoms with Gasteiger partial charge in [0.15, 0.2) is 0 Å². The van der Waals surface area contributed by atoms with Crippen molar-refractivity contribution < 1.29 is 19.1 Å². The van der Waals surface area contributed by atoms with Crippen LogP contribution in [-0.4, -0.2) is 37.4 Å². The zero-order valence-corrected chi connectivity index (χ0v) is 10.4. The van der Waals surface area contributed by atoms with Crippen molar-refractivity contribution in [3.8, 4) is 0 Å². The largest absolute Gasteiger partial charge is 0.364 e. The molecular weight excluding hydrogens is 254 g/mol. The minimum atomic E-state index is -0.315. The Balaban J connectivity index is 2.40. The Hall–Kier alpha value is -1.66. The SMILES string of the molecule is O=CCOCC(=O)Nc1ccc(SCC=O)cc1. The smallest absolute Gasteiger partial charge is 0.250 e. The van der Waals surface area contributed by atoms with E-state index >= 15 is 0 Å². The van der Waals surface area contributed by atoms with Crippen LogP contribution in [0.5, 0.6) is 0 Å². The summed E-state index contributed by atoms with van der Waals surface area (Å²) in [6, 6.07) is 7.11. The highest BCUT2D eigenvalue weighted by molar-refractivity contribution is 7.99. The molecule has 0 saturated heterocycles. The fourth-order valence-electron chi connectivity index (χ4n) is 1.16. The summed E-state index contributed by atoms with van der Waals surface area (Å²) in [7, 11) is 0. The summed E-state index contributed by atoms with van der Waals surface area (Å²) in [4.78, 5) is 32.5. The number of ether oxygens (including phenoxy) is 1. The first kappa shape index (κ1) is 14.4. The van der Waals surface area contributed by atoms with Gasteiger partial charge in [0.1, 0.15) is 25.8 Å². The summed E-state index contributed by atoms with van der Waals surface area (Å²) in [5.74, 6) is 0.0933. The number of nitrogens with one attached hydrogen (secondary N) is 1. The van der Waals surface area contributed by atoms with Gasteiger partial charge >= 0.3 is 0 Å². The minimum Gasteiger partial charge on any atom is -0.364 e. The number of carbonyl (C=O) groups is 3. The van der Waals surface area contributed by atoms with E-state index < -0.39 is 0 Å². The highest BCUT2D eigenvalue weighted by Gasteiger charge is 2.02. The first-order valence-corrected chi connectivity index (χ1v) is 6.22. The van der Waals surface area contributed by atoms with Crippen LogP contribution in [-0.2, 0) is 19.1 Å². The Morgan fingerprint density at radius 2 is 1.94 bits per heavy atom. The molecule has 6 heteroatoms. The zero-order valence-electron chi connectivity index (χ0n) is 9.63. The summed E-state index contributed by atoms with van der Waals surface area (Å²) in [6.07, 6.45) is 1.43. The molecule has 1 amide bonds. The number of aldehydes is 2. The van der Waals surface area contributed by atoms with Crippen LogP contribution in [0.25, 0.3) is 0 Å². The van der Waals surface area contributed by atoms with Crippen LogP contribution < -0.4 is 5.32 Å². The zero-order chi connectivity index (χ0) is 13.2. The van der Waals surface area contributed by atoms with Crippen molar-refractivity contribution in [3.63, 3.8) is 0 Å². The summed E-state index contributed by atoms with van der Waals surface area (Å²) in [5.41, 5.74) is 0.644. The van der Waals surface area contributed by atoms with Gasteiger partial charge in [0.2, 0.25) is 5.91 Å². The highest BCUT2D eigenvalue weighted by atomic mass is 32.2. The van der Waals surface area contributed by atoms with E-state index in [4.69, 9.17) is 4.74 Å². The molecular formula is C12H13NO4S. The second-order valence-electron chi connectivity index (χ2n) is 3.23. The highest BCUT2D eigenvalue weighted by Crippen LogP contribution is 2.19. The van der Waals surface area contributed by atoms with Crippen LogP contribution in [0.3, 0.4) is 0 Å². The lowest BCUT2D eigenvalue weighted by Crippen LogP contribution is -2.18. The number of hydrogen-bond donors (Lipinski definition) is 1. The molecule has 0 fully saturated rings. The van der Waals surface area contributed by atoms with Gasteiger partial charge in [-0.3, -0.25) is 4.79 Å². The van der Waals surface area contributed by atoms with E-state index in [2.05, 4.69) is 5.32 Å². The van der Waals surface area contributed by atoms with E-state index in [9.17, 15) is 14.4 Å². The van der Waals surface area contributed by atoms with Crippen LogP contribution in [0.1, 0.15) is 0 Å². The monoisotopic (exact) mass is 267 g/mol. The van der Waals surface area contributed by atoms with Gasteiger partial charge < -0.3 is 19.6 Å². The number of carbonyl (C=O) groups excluding carboxylic acids is 3. The lowest BCUT2D eigenvalue weighted by molar-refractivity contribution is -0.122. The fourth-order valence-corrected chi connectivity index (χ4v) is 1.75. The van der Waals surface area contributed by atoms with Crippen molar-refractivity contribution in [2.24, 2.45) is 0 Å². The van der Waals surface area contributed by atoms with Gasteiger partial charge in [-0.2, -0.15) is 0 Å². The predicted molar refractivity (Wildman–Crippen MR) is 68.7 cm³/mol. The molecule has 0 aromatic heterocycles. The van der Waals surface area contributed by atoms with E-state index in [0.717, 1.165) is 11.2 Å². The quantitative estimate of drug-likeness (QED) is 0.434. The lowest BCUT2D eigenvalue weighted by Gasteiger charge is -2.05. The third-order valence-corrected chi connectivity index (χ3v) is 2.78. The Labute approximate surface area is 109 Å².